The van der Waals surface area contributed by atoms with Crippen molar-refractivity contribution in [3.63, 3.8) is 0 Å². The maximum Gasteiger partial charge on any atom is 0.208 e. The molecule has 6 heteroatoms. The number of H-pyrrole nitrogens is 1. The molecule has 0 aliphatic rings. The molecule has 0 radical (unpaired) electrons. The lowest BCUT2D eigenvalue weighted by Gasteiger charge is -2.00. The third kappa shape index (κ3) is 2.82. The highest BCUT2D eigenvalue weighted by Gasteiger charge is 2.04. The van der Waals surface area contributed by atoms with Crippen molar-refractivity contribution in [2.24, 2.45) is 0 Å². The predicted octanol–water partition coefficient (Wildman–Crippen LogP) is 3.31. The van der Waals surface area contributed by atoms with Crippen molar-refractivity contribution < 1.29 is 4.39 Å². The number of aromatic amines is 1. The Balaban J connectivity index is 2.02. The van der Waals surface area contributed by atoms with Crippen LogP contribution in [-0.4, -0.2) is 15.2 Å². The van der Waals surface area contributed by atoms with Crippen molar-refractivity contribution >= 4 is 27.7 Å². The monoisotopic (exact) mass is 301 g/mol. The number of benzene rings is 1. The molecule has 0 saturated carbocycles. The van der Waals surface area contributed by atoms with Gasteiger partial charge in [0.2, 0.25) is 5.16 Å². The fraction of sp³-hybridized carbons (Fsp3) is 0.200. The number of hydrogen-bond donors (Lipinski definition) is 1. The fourth-order valence-electron chi connectivity index (χ4n) is 1.16. The van der Waals surface area contributed by atoms with E-state index in [2.05, 4.69) is 31.1 Å². The molecule has 0 unspecified atom stereocenters. The van der Waals surface area contributed by atoms with Crippen LogP contribution in [0.1, 0.15) is 11.4 Å². The van der Waals surface area contributed by atoms with Crippen molar-refractivity contribution in [3.8, 4) is 0 Å². The quantitative estimate of drug-likeness (QED) is 0.884. The van der Waals surface area contributed by atoms with Crippen molar-refractivity contribution in [2.45, 2.75) is 17.8 Å². The van der Waals surface area contributed by atoms with Gasteiger partial charge in [-0.3, -0.25) is 5.10 Å². The Kier molecular flexibility index (Phi) is 3.60. The van der Waals surface area contributed by atoms with Gasteiger partial charge in [0.15, 0.2) is 0 Å². The van der Waals surface area contributed by atoms with Gasteiger partial charge in [0.25, 0.3) is 0 Å². The first-order valence-electron chi connectivity index (χ1n) is 4.61. The summed E-state index contributed by atoms with van der Waals surface area (Å²) in [6.45, 7) is 1.85. The van der Waals surface area contributed by atoms with E-state index in [4.69, 9.17) is 0 Å². The smallest absolute Gasteiger partial charge is 0.208 e. The van der Waals surface area contributed by atoms with Gasteiger partial charge in [-0.2, -0.15) is 0 Å². The van der Waals surface area contributed by atoms with Crippen LogP contribution in [0.15, 0.2) is 27.8 Å². The molecule has 2 rings (SSSR count). The molecule has 84 valence electrons. The Morgan fingerprint density at radius 1 is 1.50 bits per heavy atom. The van der Waals surface area contributed by atoms with E-state index in [1.165, 1.54) is 17.8 Å². The summed E-state index contributed by atoms with van der Waals surface area (Å²) in [5, 5.41) is 7.49. The van der Waals surface area contributed by atoms with Gasteiger partial charge in [-0.15, -0.1) is 5.10 Å². The van der Waals surface area contributed by atoms with Gasteiger partial charge < -0.3 is 0 Å². The second-order valence-electron chi connectivity index (χ2n) is 3.24. The highest BCUT2D eigenvalue weighted by Crippen LogP contribution is 2.23. The summed E-state index contributed by atoms with van der Waals surface area (Å²) in [5.74, 6) is 1.26. The molecule has 0 saturated heterocycles. The van der Waals surface area contributed by atoms with E-state index >= 15 is 0 Å². The van der Waals surface area contributed by atoms with Crippen LogP contribution in [0, 0.1) is 12.7 Å². The molecular weight excluding hydrogens is 293 g/mol. The minimum Gasteiger partial charge on any atom is -0.262 e. The molecule has 1 heterocycles. The normalized spacial score (nSPS) is 10.7. The minimum atomic E-state index is -0.248. The van der Waals surface area contributed by atoms with Gasteiger partial charge in [-0.1, -0.05) is 17.8 Å². The fourth-order valence-corrected chi connectivity index (χ4v) is 2.38. The number of thioether (sulfide) groups is 1. The third-order valence-corrected chi connectivity index (χ3v) is 3.45. The second kappa shape index (κ2) is 4.97. The van der Waals surface area contributed by atoms with Gasteiger partial charge >= 0.3 is 0 Å². The molecule has 0 spiro atoms. The lowest BCUT2D eigenvalue weighted by molar-refractivity contribution is 0.620. The Labute approximate surface area is 105 Å². The van der Waals surface area contributed by atoms with Crippen LogP contribution in [0.4, 0.5) is 4.39 Å². The predicted molar refractivity (Wildman–Crippen MR) is 64.8 cm³/mol. The van der Waals surface area contributed by atoms with Gasteiger partial charge in [0.05, 0.1) is 4.47 Å². The zero-order chi connectivity index (χ0) is 11.5. The molecule has 1 aromatic heterocycles. The number of nitrogens with zero attached hydrogens (tertiary/aromatic N) is 2. The first kappa shape index (κ1) is 11.6. The van der Waals surface area contributed by atoms with E-state index in [1.807, 2.05) is 6.92 Å². The zero-order valence-corrected chi connectivity index (χ0v) is 10.9. The molecule has 0 bridgehead atoms. The lowest BCUT2D eigenvalue weighted by atomic mass is 10.2. The first-order chi connectivity index (χ1) is 7.65. The van der Waals surface area contributed by atoms with Crippen molar-refractivity contribution in [1.29, 1.82) is 0 Å². The Bertz CT molecular complexity index is 501. The van der Waals surface area contributed by atoms with E-state index < -0.39 is 0 Å². The summed E-state index contributed by atoms with van der Waals surface area (Å²) in [7, 11) is 0. The summed E-state index contributed by atoms with van der Waals surface area (Å²) in [5.41, 5.74) is 1.03. The Morgan fingerprint density at radius 2 is 2.31 bits per heavy atom. The van der Waals surface area contributed by atoms with E-state index in [0.29, 0.717) is 9.63 Å². The number of aromatic nitrogens is 3. The number of hydrogen-bond acceptors (Lipinski definition) is 3. The van der Waals surface area contributed by atoms with Crippen LogP contribution in [-0.2, 0) is 5.75 Å². The van der Waals surface area contributed by atoms with Crippen molar-refractivity contribution in [3.05, 3.63) is 39.9 Å². The summed E-state index contributed by atoms with van der Waals surface area (Å²) in [4.78, 5) is 4.18. The summed E-state index contributed by atoms with van der Waals surface area (Å²) < 4.78 is 13.5. The molecule has 1 aromatic carbocycles. The van der Waals surface area contributed by atoms with E-state index in [1.54, 1.807) is 12.1 Å². The molecule has 3 nitrogen and oxygen atoms in total. The largest absolute Gasteiger partial charge is 0.262 e. The molecule has 0 aliphatic heterocycles. The van der Waals surface area contributed by atoms with Crippen LogP contribution in [0.25, 0.3) is 0 Å². The van der Waals surface area contributed by atoms with Gasteiger partial charge in [0, 0.05) is 5.75 Å². The Morgan fingerprint density at radius 3 is 2.94 bits per heavy atom. The van der Waals surface area contributed by atoms with Crippen LogP contribution >= 0.6 is 27.7 Å². The van der Waals surface area contributed by atoms with Crippen molar-refractivity contribution in [2.75, 3.05) is 0 Å². The lowest BCUT2D eigenvalue weighted by Crippen LogP contribution is -1.85. The average molecular weight is 302 g/mol. The maximum atomic E-state index is 13.0. The van der Waals surface area contributed by atoms with Crippen LogP contribution in [0.5, 0.6) is 0 Å². The summed E-state index contributed by atoms with van der Waals surface area (Å²) in [6.07, 6.45) is 0. The molecule has 1 N–H and O–H groups in total. The van der Waals surface area contributed by atoms with Gasteiger partial charge in [0.1, 0.15) is 11.6 Å². The topological polar surface area (TPSA) is 41.6 Å². The molecule has 0 fully saturated rings. The van der Waals surface area contributed by atoms with Crippen LogP contribution < -0.4 is 0 Å². The minimum absolute atomic E-state index is 0.248. The number of nitrogens with one attached hydrogen (secondary N) is 1. The number of aryl methyl sites for hydroxylation is 1. The van der Waals surface area contributed by atoms with E-state index in [-0.39, 0.29) is 5.82 Å². The molecule has 0 aliphatic carbocycles. The van der Waals surface area contributed by atoms with Gasteiger partial charge in [-0.05, 0) is 40.5 Å². The SMILES string of the molecule is Cc1nc(SCc2ccc(F)c(Br)c2)n[nH]1. The van der Waals surface area contributed by atoms with Crippen LogP contribution in [0.3, 0.4) is 0 Å². The van der Waals surface area contributed by atoms with Gasteiger partial charge in [-0.25, -0.2) is 9.37 Å². The van der Waals surface area contributed by atoms with E-state index in [9.17, 15) is 4.39 Å². The molecule has 0 atom stereocenters. The number of rotatable bonds is 3. The van der Waals surface area contributed by atoms with E-state index in [0.717, 1.165) is 17.1 Å². The van der Waals surface area contributed by atoms with Crippen LogP contribution in [0.2, 0.25) is 0 Å². The number of halogens is 2. The standard InChI is InChI=1S/C10H9BrFN3S/c1-6-13-10(15-14-6)16-5-7-2-3-9(12)8(11)4-7/h2-4H,5H2,1H3,(H,13,14,15). The third-order valence-electron chi connectivity index (χ3n) is 1.93. The molecule has 0 amide bonds. The highest BCUT2D eigenvalue weighted by atomic mass is 79.9. The summed E-state index contributed by atoms with van der Waals surface area (Å²) >= 11 is 4.67. The molecule has 16 heavy (non-hydrogen) atoms. The summed E-state index contributed by atoms with van der Waals surface area (Å²) in [6, 6.07) is 4.97. The average Bonchev–Trinajstić information content (AvgIpc) is 2.66. The van der Waals surface area contributed by atoms with Crippen molar-refractivity contribution in [1.82, 2.24) is 15.2 Å². The molecule has 2 aromatic rings. The second-order valence-corrected chi connectivity index (χ2v) is 5.04. The maximum absolute atomic E-state index is 13.0. The Hall–Kier alpha value is -0.880. The first-order valence-corrected chi connectivity index (χ1v) is 6.39. The highest BCUT2D eigenvalue weighted by molar-refractivity contribution is 9.10. The molecular formula is C10H9BrFN3S. The zero-order valence-electron chi connectivity index (χ0n) is 8.50.